The molecule has 1 saturated carbocycles. The van der Waals surface area contributed by atoms with Crippen LogP contribution in [0.3, 0.4) is 0 Å². The average Bonchev–Trinajstić information content (AvgIpc) is 2.97. The van der Waals surface area contributed by atoms with E-state index in [1.165, 1.54) is 31.7 Å². The third kappa shape index (κ3) is 3.96. The minimum absolute atomic E-state index is 0.0325. The van der Waals surface area contributed by atoms with Gasteiger partial charge in [0, 0.05) is 22.1 Å². The van der Waals surface area contributed by atoms with E-state index in [0.717, 1.165) is 23.7 Å². The molecule has 1 amide bonds. The molecule has 4 nitrogen and oxygen atoms in total. The third-order valence-corrected chi connectivity index (χ3v) is 6.30. The highest BCUT2D eigenvalue weighted by molar-refractivity contribution is 8.13. The van der Waals surface area contributed by atoms with Gasteiger partial charge in [-0.25, -0.2) is 8.42 Å². The first-order valence-corrected chi connectivity index (χ1v) is 9.84. The summed E-state index contributed by atoms with van der Waals surface area (Å²) in [7, 11) is 1.54. The maximum atomic E-state index is 12.0. The Hall–Kier alpha value is -0.590. The maximum absolute atomic E-state index is 12.0. The first-order valence-electron chi connectivity index (χ1n) is 6.71. The van der Waals surface area contributed by atoms with Crippen molar-refractivity contribution < 1.29 is 13.2 Å². The molecule has 0 bridgehead atoms. The maximum Gasteiger partial charge on any atom is 0.262 e. The lowest BCUT2D eigenvalue weighted by molar-refractivity contribution is 0.0955. The molecule has 0 aromatic carbocycles. The molecule has 1 aliphatic carbocycles. The quantitative estimate of drug-likeness (QED) is 0.840. The highest BCUT2D eigenvalue weighted by atomic mass is 35.7. The summed E-state index contributed by atoms with van der Waals surface area (Å²) in [5.74, 6) is 0.502. The van der Waals surface area contributed by atoms with Crippen molar-refractivity contribution in [3.63, 3.8) is 0 Å². The monoisotopic (exact) mass is 335 g/mol. The van der Waals surface area contributed by atoms with Gasteiger partial charge in [0.05, 0.1) is 9.77 Å². The van der Waals surface area contributed by atoms with Crippen LogP contribution in [0.25, 0.3) is 0 Å². The molecule has 1 aromatic heterocycles. The van der Waals surface area contributed by atoms with E-state index in [0.29, 0.717) is 16.3 Å². The summed E-state index contributed by atoms with van der Waals surface area (Å²) in [6.07, 6.45) is 6.08. The van der Waals surface area contributed by atoms with Gasteiger partial charge in [-0.1, -0.05) is 25.7 Å². The molecule has 112 valence electrons. The fraction of sp³-hybridized carbons (Fsp3) is 0.615. The Balaban J connectivity index is 1.92. The highest BCUT2D eigenvalue weighted by Crippen LogP contribution is 2.29. The Morgan fingerprint density at radius 1 is 1.45 bits per heavy atom. The molecule has 2 rings (SSSR count). The second kappa shape index (κ2) is 6.45. The number of amides is 1. The smallest absolute Gasteiger partial charge is 0.262 e. The number of hydrogen-bond donors (Lipinski definition) is 1. The SMILES string of the molecule is Cc1sc(C(=O)NCCC2CCCC2)cc1S(=O)(=O)Cl. The van der Waals surface area contributed by atoms with Gasteiger partial charge in [-0.2, -0.15) is 0 Å². The Labute approximate surface area is 127 Å². The molecule has 0 unspecified atom stereocenters. The molecule has 0 atom stereocenters. The standard InChI is InChI=1S/C13H18ClNO3S2/c1-9-12(20(14,17)18)8-11(19-9)13(16)15-7-6-10-4-2-3-5-10/h8,10H,2-7H2,1H3,(H,15,16). The summed E-state index contributed by atoms with van der Waals surface area (Å²) in [5.41, 5.74) is 0. The second-order valence-corrected chi connectivity index (χ2v) is 8.95. The lowest BCUT2D eigenvalue weighted by Crippen LogP contribution is -2.24. The van der Waals surface area contributed by atoms with Crippen LogP contribution in [0.15, 0.2) is 11.0 Å². The van der Waals surface area contributed by atoms with Crippen LogP contribution >= 0.6 is 22.0 Å². The third-order valence-electron chi connectivity index (χ3n) is 3.67. The minimum Gasteiger partial charge on any atom is -0.351 e. The van der Waals surface area contributed by atoms with E-state index in [4.69, 9.17) is 10.7 Å². The lowest BCUT2D eigenvalue weighted by atomic mass is 10.0. The summed E-state index contributed by atoms with van der Waals surface area (Å²) in [5, 5.41) is 2.85. The molecule has 0 radical (unpaired) electrons. The van der Waals surface area contributed by atoms with E-state index >= 15 is 0 Å². The van der Waals surface area contributed by atoms with Crippen LogP contribution in [0, 0.1) is 12.8 Å². The molecule has 0 spiro atoms. The van der Waals surface area contributed by atoms with Crippen molar-refractivity contribution in [1.82, 2.24) is 5.32 Å². The Morgan fingerprint density at radius 3 is 2.65 bits per heavy atom. The van der Waals surface area contributed by atoms with Crippen molar-refractivity contribution in [3.8, 4) is 0 Å². The summed E-state index contributed by atoms with van der Waals surface area (Å²) in [6.45, 7) is 2.29. The number of thiophene rings is 1. The Bertz CT molecular complexity index is 589. The van der Waals surface area contributed by atoms with Gasteiger partial charge >= 0.3 is 0 Å². The number of nitrogens with one attached hydrogen (secondary N) is 1. The molecular formula is C13H18ClNO3S2. The first kappa shape index (κ1) is 15.8. The van der Waals surface area contributed by atoms with E-state index in [1.807, 2.05) is 0 Å². The van der Waals surface area contributed by atoms with Crippen molar-refractivity contribution in [2.75, 3.05) is 6.54 Å². The molecule has 1 aliphatic rings. The van der Waals surface area contributed by atoms with Crippen LogP contribution in [0.4, 0.5) is 0 Å². The molecule has 0 aliphatic heterocycles. The number of aryl methyl sites for hydroxylation is 1. The zero-order valence-corrected chi connectivity index (χ0v) is 13.7. The van der Waals surface area contributed by atoms with Crippen LogP contribution in [0.1, 0.15) is 46.7 Å². The fourth-order valence-corrected chi connectivity index (χ4v) is 5.18. The van der Waals surface area contributed by atoms with Gasteiger partial charge in [-0.15, -0.1) is 11.3 Å². The first-order chi connectivity index (χ1) is 9.38. The van der Waals surface area contributed by atoms with Crippen LogP contribution in [0.2, 0.25) is 0 Å². The highest BCUT2D eigenvalue weighted by Gasteiger charge is 2.20. The largest absolute Gasteiger partial charge is 0.351 e. The zero-order valence-electron chi connectivity index (χ0n) is 11.3. The molecule has 1 N–H and O–H groups in total. The van der Waals surface area contributed by atoms with Crippen LogP contribution < -0.4 is 5.32 Å². The van der Waals surface area contributed by atoms with Crippen LogP contribution in [-0.4, -0.2) is 20.9 Å². The zero-order chi connectivity index (χ0) is 14.8. The molecular weight excluding hydrogens is 318 g/mol. The normalized spacial score (nSPS) is 16.5. The van der Waals surface area contributed by atoms with Crippen LogP contribution in [0.5, 0.6) is 0 Å². The van der Waals surface area contributed by atoms with Gasteiger partial charge in [0.25, 0.3) is 15.0 Å². The van der Waals surface area contributed by atoms with Crippen molar-refractivity contribution >= 4 is 37.0 Å². The van der Waals surface area contributed by atoms with Crippen molar-refractivity contribution in [1.29, 1.82) is 0 Å². The topological polar surface area (TPSA) is 63.2 Å². The van der Waals surface area contributed by atoms with Gasteiger partial charge in [0.15, 0.2) is 0 Å². The number of rotatable bonds is 5. The molecule has 0 saturated heterocycles. The van der Waals surface area contributed by atoms with E-state index < -0.39 is 9.05 Å². The summed E-state index contributed by atoms with van der Waals surface area (Å²) >= 11 is 1.16. The van der Waals surface area contributed by atoms with Gasteiger partial charge in [0.1, 0.15) is 0 Å². The van der Waals surface area contributed by atoms with Gasteiger partial charge in [-0.05, 0) is 25.3 Å². The molecule has 20 heavy (non-hydrogen) atoms. The average molecular weight is 336 g/mol. The lowest BCUT2D eigenvalue weighted by Gasteiger charge is -2.08. The van der Waals surface area contributed by atoms with Crippen molar-refractivity contribution in [3.05, 3.63) is 15.8 Å². The number of carbonyl (C=O) groups is 1. The fourth-order valence-electron chi connectivity index (χ4n) is 2.60. The van der Waals surface area contributed by atoms with Crippen molar-refractivity contribution in [2.24, 2.45) is 5.92 Å². The minimum atomic E-state index is -3.78. The predicted molar refractivity (Wildman–Crippen MR) is 81.0 cm³/mol. The summed E-state index contributed by atoms with van der Waals surface area (Å²) in [6, 6.07) is 1.35. The van der Waals surface area contributed by atoms with E-state index in [-0.39, 0.29) is 10.8 Å². The van der Waals surface area contributed by atoms with E-state index in [9.17, 15) is 13.2 Å². The van der Waals surface area contributed by atoms with E-state index in [1.54, 1.807) is 6.92 Å². The van der Waals surface area contributed by atoms with Crippen LogP contribution in [-0.2, 0) is 9.05 Å². The molecule has 1 aromatic rings. The number of hydrogen-bond acceptors (Lipinski definition) is 4. The number of carbonyl (C=O) groups excluding carboxylic acids is 1. The van der Waals surface area contributed by atoms with Gasteiger partial charge < -0.3 is 5.32 Å². The van der Waals surface area contributed by atoms with Gasteiger partial charge in [-0.3, -0.25) is 4.79 Å². The second-order valence-electron chi connectivity index (χ2n) is 5.16. The summed E-state index contributed by atoms with van der Waals surface area (Å²) in [4.78, 5) is 12.9. The Kier molecular flexibility index (Phi) is 5.09. The Morgan fingerprint density at radius 2 is 2.10 bits per heavy atom. The molecule has 1 heterocycles. The van der Waals surface area contributed by atoms with Gasteiger partial charge in [0.2, 0.25) is 0 Å². The number of halogens is 1. The van der Waals surface area contributed by atoms with Crippen molar-refractivity contribution in [2.45, 2.75) is 43.9 Å². The van der Waals surface area contributed by atoms with E-state index in [2.05, 4.69) is 5.32 Å². The molecule has 1 fully saturated rings. The summed E-state index contributed by atoms with van der Waals surface area (Å²) < 4.78 is 22.6. The predicted octanol–water partition coefficient (Wildman–Crippen LogP) is 3.29. The molecule has 7 heteroatoms.